The van der Waals surface area contributed by atoms with Crippen LogP contribution < -0.4 is 10.6 Å². The fourth-order valence-corrected chi connectivity index (χ4v) is 3.11. The van der Waals surface area contributed by atoms with E-state index in [4.69, 9.17) is 4.74 Å². The number of carbonyl (C=O) groups is 2. The van der Waals surface area contributed by atoms with Crippen LogP contribution in [0.25, 0.3) is 0 Å². The fourth-order valence-electron chi connectivity index (χ4n) is 3.11. The predicted molar refractivity (Wildman–Crippen MR) is 77.7 cm³/mol. The molecule has 2 aliphatic heterocycles. The average Bonchev–Trinajstić information content (AvgIpc) is 3.32. The van der Waals surface area contributed by atoms with Gasteiger partial charge in [0.2, 0.25) is 11.8 Å². The molecule has 2 heterocycles. The number of amides is 2. The van der Waals surface area contributed by atoms with Crippen molar-refractivity contribution < 1.29 is 14.3 Å². The molecule has 1 aliphatic carbocycles. The molecule has 0 radical (unpaired) electrons. The van der Waals surface area contributed by atoms with Crippen LogP contribution in [0.15, 0.2) is 0 Å². The summed E-state index contributed by atoms with van der Waals surface area (Å²) >= 11 is 0. The molecular formula is C15H25N3O3. The number of nitrogens with zero attached hydrogens (tertiary/aromatic N) is 1. The van der Waals surface area contributed by atoms with Crippen molar-refractivity contribution in [1.29, 1.82) is 0 Å². The van der Waals surface area contributed by atoms with Crippen molar-refractivity contribution in [2.75, 3.05) is 32.8 Å². The Morgan fingerprint density at radius 3 is 2.86 bits per heavy atom. The summed E-state index contributed by atoms with van der Waals surface area (Å²) in [7, 11) is 0. The van der Waals surface area contributed by atoms with E-state index >= 15 is 0 Å². The molecule has 1 saturated carbocycles. The number of ether oxygens (including phenoxy) is 1. The van der Waals surface area contributed by atoms with Crippen molar-refractivity contribution in [2.45, 2.75) is 44.2 Å². The normalized spacial score (nSPS) is 30.0. The number of carbonyl (C=O) groups excluding carboxylic acids is 2. The first-order valence-corrected chi connectivity index (χ1v) is 8.12. The smallest absolute Gasteiger partial charge is 0.245 e. The third kappa shape index (κ3) is 3.95. The summed E-state index contributed by atoms with van der Waals surface area (Å²) in [5, 5.41) is 6.32. The maximum atomic E-state index is 12.5. The molecule has 0 spiro atoms. The van der Waals surface area contributed by atoms with Gasteiger partial charge in [-0.25, -0.2) is 0 Å². The molecule has 0 aromatic carbocycles. The van der Waals surface area contributed by atoms with E-state index in [-0.39, 0.29) is 11.8 Å². The number of nitrogens with one attached hydrogen (secondary N) is 2. The van der Waals surface area contributed by atoms with Crippen molar-refractivity contribution in [3.63, 3.8) is 0 Å². The largest absolute Gasteiger partial charge is 0.377 e. The van der Waals surface area contributed by atoms with Gasteiger partial charge in [0.15, 0.2) is 0 Å². The Kier molecular flexibility index (Phi) is 4.75. The first-order valence-electron chi connectivity index (χ1n) is 8.12. The van der Waals surface area contributed by atoms with Crippen LogP contribution in [0.1, 0.15) is 32.1 Å². The van der Waals surface area contributed by atoms with E-state index in [1.54, 1.807) is 4.90 Å². The lowest BCUT2D eigenvalue weighted by Gasteiger charge is -2.36. The Hall–Kier alpha value is -1.14. The minimum atomic E-state index is -0.441. The van der Waals surface area contributed by atoms with Gasteiger partial charge < -0.3 is 20.3 Å². The lowest BCUT2D eigenvalue weighted by molar-refractivity contribution is -0.149. The molecular weight excluding hydrogens is 270 g/mol. The summed E-state index contributed by atoms with van der Waals surface area (Å²) in [6.07, 6.45) is 4.89. The zero-order chi connectivity index (χ0) is 14.7. The highest BCUT2D eigenvalue weighted by Crippen LogP contribution is 2.21. The van der Waals surface area contributed by atoms with E-state index in [0.29, 0.717) is 38.1 Å². The number of hydrogen-bond donors (Lipinski definition) is 2. The van der Waals surface area contributed by atoms with Crippen molar-refractivity contribution in [3.8, 4) is 0 Å². The number of morpholine rings is 1. The summed E-state index contributed by atoms with van der Waals surface area (Å²) in [5.74, 6) is 0.455. The van der Waals surface area contributed by atoms with Gasteiger partial charge in [-0.15, -0.1) is 0 Å². The minimum absolute atomic E-state index is 0.0488. The van der Waals surface area contributed by atoms with Gasteiger partial charge in [0.25, 0.3) is 0 Å². The highest BCUT2D eigenvalue weighted by atomic mass is 16.5. The van der Waals surface area contributed by atoms with Crippen LogP contribution in [0.3, 0.4) is 0 Å². The maximum absolute atomic E-state index is 12.5. The van der Waals surface area contributed by atoms with Crippen LogP contribution in [0, 0.1) is 5.92 Å². The highest BCUT2D eigenvalue weighted by Gasteiger charge is 2.36. The van der Waals surface area contributed by atoms with Crippen LogP contribution in [0.4, 0.5) is 0 Å². The van der Waals surface area contributed by atoms with Crippen LogP contribution >= 0.6 is 0 Å². The Morgan fingerprint density at radius 2 is 2.14 bits per heavy atom. The van der Waals surface area contributed by atoms with Crippen LogP contribution in [-0.4, -0.2) is 61.6 Å². The summed E-state index contributed by atoms with van der Waals surface area (Å²) in [6, 6.07) is -0.123. The van der Waals surface area contributed by atoms with E-state index in [9.17, 15) is 9.59 Å². The van der Waals surface area contributed by atoms with Crippen molar-refractivity contribution in [3.05, 3.63) is 0 Å². The lowest BCUT2D eigenvalue weighted by atomic mass is 9.95. The average molecular weight is 295 g/mol. The molecule has 0 aromatic rings. The van der Waals surface area contributed by atoms with Crippen molar-refractivity contribution in [2.24, 2.45) is 5.92 Å². The zero-order valence-electron chi connectivity index (χ0n) is 12.5. The fraction of sp³-hybridized carbons (Fsp3) is 0.867. The number of piperidine rings is 1. The standard InChI is InChI=1S/C15H25N3O3/c19-14(8-11-2-1-5-16-9-11)18-6-7-21-10-13(18)15(20)17-12-3-4-12/h11-13,16H,1-10H2,(H,17,20). The molecule has 3 aliphatic rings. The molecule has 2 unspecified atom stereocenters. The zero-order valence-corrected chi connectivity index (χ0v) is 12.5. The highest BCUT2D eigenvalue weighted by molar-refractivity contribution is 5.88. The van der Waals surface area contributed by atoms with Gasteiger partial charge in [-0.2, -0.15) is 0 Å². The second-order valence-corrected chi connectivity index (χ2v) is 6.38. The third-order valence-corrected chi connectivity index (χ3v) is 4.54. The van der Waals surface area contributed by atoms with Gasteiger partial charge >= 0.3 is 0 Å². The molecule has 3 fully saturated rings. The summed E-state index contributed by atoms with van der Waals surface area (Å²) < 4.78 is 5.41. The van der Waals surface area contributed by atoms with Gasteiger partial charge in [0.05, 0.1) is 13.2 Å². The van der Waals surface area contributed by atoms with Crippen molar-refractivity contribution >= 4 is 11.8 Å². The van der Waals surface area contributed by atoms with Crippen molar-refractivity contribution in [1.82, 2.24) is 15.5 Å². The van der Waals surface area contributed by atoms with Gasteiger partial charge in [0.1, 0.15) is 6.04 Å². The van der Waals surface area contributed by atoms with Crippen LogP contribution in [-0.2, 0) is 14.3 Å². The summed E-state index contributed by atoms with van der Waals surface area (Å²) in [4.78, 5) is 26.5. The third-order valence-electron chi connectivity index (χ3n) is 4.54. The van der Waals surface area contributed by atoms with E-state index in [2.05, 4.69) is 10.6 Å². The van der Waals surface area contributed by atoms with E-state index in [1.807, 2.05) is 0 Å². The van der Waals surface area contributed by atoms with Gasteiger partial charge in [-0.3, -0.25) is 9.59 Å². The second-order valence-electron chi connectivity index (χ2n) is 6.38. The topological polar surface area (TPSA) is 70.7 Å². The molecule has 118 valence electrons. The first-order chi connectivity index (χ1) is 10.2. The first kappa shape index (κ1) is 14.8. The van der Waals surface area contributed by atoms with E-state index in [0.717, 1.165) is 38.8 Å². The van der Waals surface area contributed by atoms with Gasteiger partial charge in [0, 0.05) is 19.0 Å². The molecule has 2 saturated heterocycles. The SMILES string of the molecule is O=C(NC1CC1)C1COCCN1C(=O)CC1CCCNC1. The van der Waals surface area contributed by atoms with Crippen LogP contribution in [0.5, 0.6) is 0 Å². The second kappa shape index (κ2) is 6.75. The molecule has 0 bridgehead atoms. The lowest BCUT2D eigenvalue weighted by Crippen LogP contribution is -2.56. The van der Waals surface area contributed by atoms with Crippen LogP contribution in [0.2, 0.25) is 0 Å². The molecule has 3 rings (SSSR count). The molecule has 2 amide bonds. The Balaban J connectivity index is 1.56. The number of hydrogen-bond acceptors (Lipinski definition) is 4. The van der Waals surface area contributed by atoms with E-state index in [1.165, 1.54) is 0 Å². The molecule has 2 atom stereocenters. The Labute approximate surface area is 125 Å². The summed E-state index contributed by atoms with van der Waals surface area (Å²) in [5.41, 5.74) is 0. The molecule has 6 nitrogen and oxygen atoms in total. The summed E-state index contributed by atoms with van der Waals surface area (Å²) in [6.45, 7) is 3.35. The van der Waals surface area contributed by atoms with Gasteiger partial charge in [-0.05, 0) is 44.7 Å². The molecule has 21 heavy (non-hydrogen) atoms. The molecule has 6 heteroatoms. The number of rotatable bonds is 4. The van der Waals surface area contributed by atoms with Gasteiger partial charge in [-0.1, -0.05) is 0 Å². The minimum Gasteiger partial charge on any atom is -0.377 e. The quantitative estimate of drug-likeness (QED) is 0.759. The maximum Gasteiger partial charge on any atom is 0.245 e. The molecule has 0 aromatic heterocycles. The Bertz CT molecular complexity index is 392. The predicted octanol–water partition coefficient (Wildman–Crippen LogP) is -0.118. The monoisotopic (exact) mass is 295 g/mol. The molecule has 2 N–H and O–H groups in total. The Morgan fingerprint density at radius 1 is 1.29 bits per heavy atom. The van der Waals surface area contributed by atoms with E-state index < -0.39 is 6.04 Å².